The number of ether oxygens (including phenoxy) is 1. The number of aldehydes is 1. The molecule has 1 heterocycles. The topological polar surface area (TPSA) is 120 Å². The Morgan fingerprint density at radius 3 is 2.54 bits per heavy atom. The number of primary amides is 1. The molecule has 1 aliphatic rings. The van der Waals surface area contributed by atoms with Crippen molar-refractivity contribution in [2.24, 2.45) is 5.73 Å². The van der Waals surface area contributed by atoms with Crippen molar-refractivity contribution >= 4 is 45.7 Å². The summed E-state index contributed by atoms with van der Waals surface area (Å²) >= 11 is 0. The summed E-state index contributed by atoms with van der Waals surface area (Å²) in [6.07, 6.45) is 4.43. The lowest BCUT2D eigenvalue weighted by Gasteiger charge is -2.21. The van der Waals surface area contributed by atoms with Crippen LogP contribution in [0.1, 0.15) is 39.9 Å². The number of nitrogens with zero attached hydrogens (tertiary/aromatic N) is 1. The quantitative estimate of drug-likeness (QED) is 0.209. The van der Waals surface area contributed by atoms with Crippen LogP contribution in [0.2, 0.25) is 0 Å². The molecule has 188 valence electrons. The molecule has 0 fully saturated rings. The van der Waals surface area contributed by atoms with Gasteiger partial charge in [0, 0.05) is 17.5 Å². The van der Waals surface area contributed by atoms with E-state index in [0.29, 0.717) is 29.4 Å². The number of aromatic nitrogens is 1. The number of carbonyl (C=O) groups is 4. The number of Topliss-reactive ketones (excluding diaryl/α,β-unsaturated/α-hetero) is 1. The molecule has 0 unspecified atom stereocenters. The fourth-order valence-electron chi connectivity index (χ4n) is 5.26. The van der Waals surface area contributed by atoms with Crippen LogP contribution >= 0.6 is 0 Å². The Labute approximate surface area is 213 Å². The fraction of sp³-hybridized carbons (Fsp3) is 0.241. The van der Waals surface area contributed by atoms with Gasteiger partial charge >= 0.3 is 0 Å². The predicted octanol–water partition coefficient (Wildman–Crippen LogP) is 3.08. The SMILES string of the molecule is NC(=O)C(=O)c1cccc2c1c1c(OCC(=O)NCC=O)cc3c(c1n2Cc1ccccc1)CCCC3. The van der Waals surface area contributed by atoms with Crippen LogP contribution in [0.5, 0.6) is 5.75 Å². The molecule has 5 rings (SSSR count). The first-order valence-electron chi connectivity index (χ1n) is 12.3. The highest BCUT2D eigenvalue weighted by molar-refractivity contribution is 6.45. The maximum atomic E-state index is 12.9. The van der Waals surface area contributed by atoms with Gasteiger partial charge < -0.3 is 25.1 Å². The first kappa shape index (κ1) is 24.2. The Balaban J connectivity index is 1.81. The third-order valence-corrected chi connectivity index (χ3v) is 6.83. The van der Waals surface area contributed by atoms with Crippen LogP contribution in [0, 0.1) is 0 Å². The van der Waals surface area contributed by atoms with Crippen molar-refractivity contribution < 1.29 is 23.9 Å². The van der Waals surface area contributed by atoms with E-state index in [1.807, 2.05) is 42.5 Å². The average Bonchev–Trinajstić information content (AvgIpc) is 3.25. The van der Waals surface area contributed by atoms with E-state index in [0.717, 1.165) is 47.8 Å². The zero-order valence-corrected chi connectivity index (χ0v) is 20.3. The monoisotopic (exact) mass is 497 g/mol. The largest absolute Gasteiger partial charge is 0.483 e. The molecule has 4 aromatic rings. The minimum Gasteiger partial charge on any atom is -0.483 e. The molecule has 0 saturated heterocycles. The zero-order chi connectivity index (χ0) is 25.9. The lowest BCUT2D eigenvalue weighted by molar-refractivity contribution is -0.124. The van der Waals surface area contributed by atoms with Crippen molar-refractivity contribution in [1.82, 2.24) is 9.88 Å². The maximum absolute atomic E-state index is 12.9. The Hall–Kier alpha value is -4.46. The lowest BCUT2D eigenvalue weighted by Crippen LogP contribution is -2.30. The van der Waals surface area contributed by atoms with E-state index in [-0.39, 0.29) is 18.7 Å². The van der Waals surface area contributed by atoms with E-state index >= 15 is 0 Å². The number of fused-ring (bicyclic) bond motifs is 5. The summed E-state index contributed by atoms with van der Waals surface area (Å²) in [4.78, 5) is 47.8. The van der Waals surface area contributed by atoms with Gasteiger partial charge in [0.15, 0.2) is 6.61 Å². The van der Waals surface area contributed by atoms with Crippen molar-refractivity contribution in [2.75, 3.05) is 13.2 Å². The minimum atomic E-state index is -1.04. The number of aryl methyl sites for hydroxylation is 2. The van der Waals surface area contributed by atoms with Gasteiger partial charge in [-0.2, -0.15) is 0 Å². The number of nitrogens with one attached hydrogen (secondary N) is 1. The van der Waals surface area contributed by atoms with Gasteiger partial charge in [-0.25, -0.2) is 0 Å². The summed E-state index contributed by atoms with van der Waals surface area (Å²) < 4.78 is 8.21. The average molecular weight is 498 g/mol. The second-order valence-corrected chi connectivity index (χ2v) is 9.17. The molecule has 1 aliphatic carbocycles. The lowest BCUT2D eigenvalue weighted by atomic mass is 9.89. The van der Waals surface area contributed by atoms with Crippen LogP contribution in [0.4, 0.5) is 0 Å². The molecular weight excluding hydrogens is 470 g/mol. The summed E-state index contributed by atoms with van der Waals surface area (Å²) in [5, 5.41) is 3.74. The van der Waals surface area contributed by atoms with E-state index < -0.39 is 17.6 Å². The standard InChI is InChI=1S/C29H27N3O5/c30-29(36)28(35)21-11-6-12-22-25(21)26-23(37-17-24(34)31-13-14-33)15-19-9-4-5-10-20(19)27(26)32(22)16-18-7-2-1-3-8-18/h1-3,6-8,11-12,14-15H,4-5,9-10,13,16-17H2,(H2,30,36)(H,31,34). The molecule has 0 saturated carbocycles. The highest BCUT2D eigenvalue weighted by Crippen LogP contribution is 2.43. The van der Waals surface area contributed by atoms with Gasteiger partial charge in [-0.1, -0.05) is 42.5 Å². The normalized spacial score (nSPS) is 12.8. The van der Waals surface area contributed by atoms with Gasteiger partial charge in [0.25, 0.3) is 17.6 Å². The van der Waals surface area contributed by atoms with E-state index in [2.05, 4.69) is 9.88 Å². The molecule has 8 heteroatoms. The van der Waals surface area contributed by atoms with Crippen molar-refractivity contribution in [1.29, 1.82) is 0 Å². The molecule has 2 amide bonds. The summed E-state index contributed by atoms with van der Waals surface area (Å²) in [5.41, 5.74) is 10.7. The van der Waals surface area contributed by atoms with Crippen molar-refractivity contribution in [3.05, 3.63) is 76.9 Å². The Morgan fingerprint density at radius 1 is 1.00 bits per heavy atom. The number of carbonyl (C=O) groups excluding carboxylic acids is 4. The van der Waals surface area contributed by atoms with Gasteiger partial charge in [0.05, 0.1) is 23.0 Å². The third-order valence-electron chi connectivity index (χ3n) is 6.83. The maximum Gasteiger partial charge on any atom is 0.289 e. The van der Waals surface area contributed by atoms with E-state index in [1.54, 1.807) is 12.1 Å². The molecule has 8 nitrogen and oxygen atoms in total. The van der Waals surface area contributed by atoms with Crippen LogP contribution in [-0.2, 0) is 33.8 Å². The van der Waals surface area contributed by atoms with Crippen LogP contribution in [0.15, 0.2) is 54.6 Å². The molecular formula is C29H27N3O5. The first-order chi connectivity index (χ1) is 18.0. The Bertz CT molecular complexity index is 1540. The van der Waals surface area contributed by atoms with Crippen molar-refractivity contribution in [3.8, 4) is 5.75 Å². The molecule has 1 aromatic heterocycles. The number of benzene rings is 3. The number of nitrogens with two attached hydrogens (primary N) is 1. The van der Waals surface area contributed by atoms with Crippen LogP contribution in [0.3, 0.4) is 0 Å². The van der Waals surface area contributed by atoms with Crippen molar-refractivity contribution in [3.63, 3.8) is 0 Å². The summed E-state index contributed by atoms with van der Waals surface area (Å²) in [6, 6.07) is 17.2. The van der Waals surface area contributed by atoms with Gasteiger partial charge in [-0.3, -0.25) is 14.4 Å². The number of rotatable bonds is 9. The molecule has 3 aromatic carbocycles. The molecule has 0 aliphatic heterocycles. The third kappa shape index (κ3) is 4.58. The van der Waals surface area contributed by atoms with Gasteiger partial charge in [0.1, 0.15) is 12.0 Å². The van der Waals surface area contributed by atoms with Crippen LogP contribution < -0.4 is 15.8 Å². The van der Waals surface area contributed by atoms with Crippen LogP contribution in [0.25, 0.3) is 21.8 Å². The first-order valence-corrected chi connectivity index (χ1v) is 12.3. The number of amides is 2. The van der Waals surface area contributed by atoms with Gasteiger partial charge in [-0.15, -0.1) is 0 Å². The zero-order valence-electron chi connectivity index (χ0n) is 20.3. The Morgan fingerprint density at radius 2 is 1.78 bits per heavy atom. The second-order valence-electron chi connectivity index (χ2n) is 9.17. The summed E-state index contributed by atoms with van der Waals surface area (Å²) in [5.74, 6) is -1.79. The molecule has 0 bridgehead atoms. The second kappa shape index (κ2) is 10.3. The summed E-state index contributed by atoms with van der Waals surface area (Å²) in [6.45, 7) is 0.152. The smallest absolute Gasteiger partial charge is 0.289 e. The number of ketones is 1. The molecule has 0 radical (unpaired) electrons. The van der Waals surface area contributed by atoms with Crippen molar-refractivity contribution in [2.45, 2.75) is 32.2 Å². The molecule has 37 heavy (non-hydrogen) atoms. The number of hydrogen-bond acceptors (Lipinski definition) is 5. The van der Waals surface area contributed by atoms with Crippen LogP contribution in [-0.4, -0.2) is 41.6 Å². The van der Waals surface area contributed by atoms with E-state index in [4.69, 9.17) is 10.5 Å². The van der Waals surface area contributed by atoms with Gasteiger partial charge in [0.2, 0.25) is 0 Å². The van der Waals surface area contributed by atoms with E-state index in [1.165, 1.54) is 5.56 Å². The fourth-order valence-corrected chi connectivity index (χ4v) is 5.26. The highest BCUT2D eigenvalue weighted by atomic mass is 16.5. The molecule has 0 spiro atoms. The highest BCUT2D eigenvalue weighted by Gasteiger charge is 2.27. The summed E-state index contributed by atoms with van der Waals surface area (Å²) in [7, 11) is 0. The Kier molecular flexibility index (Phi) is 6.72. The molecule has 0 atom stereocenters. The minimum absolute atomic E-state index is 0.102. The van der Waals surface area contributed by atoms with E-state index in [9.17, 15) is 19.2 Å². The predicted molar refractivity (Wildman–Crippen MR) is 140 cm³/mol. The van der Waals surface area contributed by atoms with Gasteiger partial charge in [-0.05, 0) is 54.5 Å². The number of hydrogen-bond donors (Lipinski definition) is 2. The molecule has 3 N–H and O–H groups in total.